The predicted octanol–water partition coefficient (Wildman–Crippen LogP) is 5.79. The van der Waals surface area contributed by atoms with Crippen molar-refractivity contribution in [1.82, 2.24) is 9.88 Å². The molecule has 4 heterocycles. The molecule has 1 aromatic carbocycles. The fourth-order valence-electron chi connectivity index (χ4n) is 6.29. The Morgan fingerprint density at radius 2 is 2.03 bits per heavy atom. The maximum absolute atomic E-state index is 15.2. The lowest BCUT2D eigenvalue weighted by Crippen LogP contribution is -2.30. The molecule has 0 spiro atoms. The third kappa shape index (κ3) is 6.37. The molecule has 0 amide bonds. The number of aldehydes is 1. The largest absolute Gasteiger partial charge is 0.381 e. The van der Waals surface area contributed by atoms with Gasteiger partial charge in [-0.15, -0.1) is 0 Å². The van der Waals surface area contributed by atoms with Gasteiger partial charge in [0.25, 0.3) is 0 Å². The minimum atomic E-state index is -0.891. The molecule has 2 aromatic rings. The topological polar surface area (TPSA) is 54.5 Å². The Morgan fingerprint density at radius 3 is 2.86 bits per heavy atom. The van der Waals surface area contributed by atoms with Gasteiger partial charge in [-0.2, -0.15) is 0 Å². The van der Waals surface area contributed by atoms with Gasteiger partial charge in [-0.3, -0.25) is 4.90 Å². The number of nitrogens with one attached hydrogen (secondary N) is 1. The number of anilines is 1. The minimum Gasteiger partial charge on any atom is -0.381 e. The number of benzene rings is 1. The number of rotatable bonds is 10. The van der Waals surface area contributed by atoms with Crippen LogP contribution in [0.15, 0.2) is 30.3 Å². The molecule has 3 unspecified atom stereocenters. The van der Waals surface area contributed by atoms with E-state index in [1.54, 1.807) is 0 Å². The van der Waals surface area contributed by atoms with Crippen LogP contribution in [0.4, 0.5) is 14.6 Å². The number of pyridine rings is 1. The highest BCUT2D eigenvalue weighted by Crippen LogP contribution is 2.37. The van der Waals surface area contributed by atoms with Gasteiger partial charge < -0.3 is 14.8 Å². The van der Waals surface area contributed by atoms with Crippen molar-refractivity contribution in [3.8, 4) is 0 Å². The lowest BCUT2D eigenvalue weighted by molar-refractivity contribution is -0.112. The molecule has 5 nitrogen and oxygen atoms in total. The lowest BCUT2D eigenvalue weighted by Gasteiger charge is -2.30. The monoisotopic (exact) mass is 511 g/mol. The van der Waals surface area contributed by atoms with E-state index in [0.29, 0.717) is 32.7 Å². The number of halogens is 2. The number of alkyl halides is 1. The number of nitrogens with zero attached hydrogens (tertiary/aromatic N) is 2. The summed E-state index contributed by atoms with van der Waals surface area (Å²) in [5, 5.41) is 3.38. The Balaban J connectivity index is 1.14. The zero-order valence-corrected chi connectivity index (χ0v) is 21.6. The van der Waals surface area contributed by atoms with Crippen molar-refractivity contribution in [2.75, 3.05) is 38.2 Å². The number of unbranched alkanes of at least 4 members (excludes halogenated alkanes) is 1. The molecule has 1 N–H and O–H groups in total. The third-order valence-electron chi connectivity index (χ3n) is 8.43. The van der Waals surface area contributed by atoms with Crippen LogP contribution in [0.3, 0.4) is 0 Å². The van der Waals surface area contributed by atoms with Gasteiger partial charge >= 0.3 is 0 Å². The van der Waals surface area contributed by atoms with E-state index in [4.69, 9.17) is 9.72 Å². The number of hydrogen-bond donors (Lipinski definition) is 1. The Labute approximate surface area is 219 Å². The molecule has 5 rings (SSSR count). The second-order valence-corrected chi connectivity index (χ2v) is 10.9. The average molecular weight is 512 g/mol. The predicted molar refractivity (Wildman–Crippen MR) is 141 cm³/mol. The Morgan fingerprint density at radius 1 is 1.16 bits per heavy atom. The highest BCUT2D eigenvalue weighted by Gasteiger charge is 2.35. The van der Waals surface area contributed by atoms with Gasteiger partial charge in [-0.25, -0.2) is 13.8 Å². The molecule has 0 radical (unpaired) electrons. The van der Waals surface area contributed by atoms with Crippen molar-refractivity contribution in [2.45, 2.75) is 75.9 Å². The van der Waals surface area contributed by atoms with Crippen LogP contribution in [0, 0.1) is 11.7 Å². The fourth-order valence-corrected chi connectivity index (χ4v) is 6.29. The number of fused-ring (bicyclic) bond motifs is 1. The van der Waals surface area contributed by atoms with Crippen LogP contribution >= 0.6 is 0 Å². The van der Waals surface area contributed by atoms with Crippen LogP contribution < -0.4 is 5.32 Å². The number of hydrogen-bond acceptors (Lipinski definition) is 5. The van der Waals surface area contributed by atoms with Gasteiger partial charge in [0.1, 0.15) is 24.1 Å². The van der Waals surface area contributed by atoms with Gasteiger partial charge in [-0.05, 0) is 98.7 Å². The summed E-state index contributed by atoms with van der Waals surface area (Å²) in [4.78, 5) is 19.0. The molecule has 37 heavy (non-hydrogen) atoms. The summed E-state index contributed by atoms with van der Waals surface area (Å²) in [7, 11) is 0. The zero-order valence-electron chi connectivity index (χ0n) is 21.6. The van der Waals surface area contributed by atoms with E-state index in [1.807, 2.05) is 11.0 Å². The van der Waals surface area contributed by atoms with Gasteiger partial charge in [0.2, 0.25) is 0 Å². The van der Waals surface area contributed by atoms with Crippen molar-refractivity contribution < 1.29 is 18.3 Å². The van der Waals surface area contributed by atoms with Gasteiger partial charge in [0.15, 0.2) is 0 Å². The quantitative estimate of drug-likeness (QED) is 0.323. The molecule has 3 aliphatic heterocycles. The standard InChI is InChI=1S/C30H39F2N3O2/c31-24-8-10-26(21-12-16-37-17-13-21)27(18-24)29(20-36)35-15-11-23(19-35)28(32)6-2-1-5-25-9-7-22-4-3-14-33-30(22)34-25/h7-10,18,20-21,23,28-29H,1-6,11-17,19H2,(H,33,34). The molecule has 0 aliphatic carbocycles. The summed E-state index contributed by atoms with van der Waals surface area (Å²) in [5.41, 5.74) is 4.13. The number of ether oxygens (including phenoxy) is 1. The summed E-state index contributed by atoms with van der Waals surface area (Å²) < 4.78 is 35.0. The number of carbonyl (C=O) groups is 1. The Hall–Kier alpha value is -2.38. The fraction of sp³-hybridized carbons (Fsp3) is 0.600. The van der Waals surface area contributed by atoms with E-state index in [9.17, 15) is 9.18 Å². The van der Waals surface area contributed by atoms with E-state index in [2.05, 4.69) is 17.4 Å². The number of aryl methyl sites for hydroxylation is 2. The van der Waals surface area contributed by atoms with Crippen molar-refractivity contribution in [1.29, 1.82) is 0 Å². The summed E-state index contributed by atoms with van der Waals surface area (Å²) in [5.74, 6) is 0.857. The number of carbonyl (C=O) groups excluding carboxylic acids is 1. The van der Waals surface area contributed by atoms with E-state index in [1.165, 1.54) is 17.7 Å². The lowest BCUT2D eigenvalue weighted by atomic mass is 9.85. The summed E-state index contributed by atoms with van der Waals surface area (Å²) in [6, 6.07) is 8.56. The number of likely N-dealkylation sites (tertiary alicyclic amines) is 1. The Bertz CT molecular complexity index is 1060. The van der Waals surface area contributed by atoms with E-state index in [-0.39, 0.29) is 17.7 Å². The second kappa shape index (κ2) is 12.4. The molecular formula is C30H39F2N3O2. The maximum Gasteiger partial charge on any atom is 0.141 e. The SMILES string of the molecule is O=CC(c1cc(F)ccc1C1CCOCC1)N1CCC(C(F)CCCCc2ccc3c(n2)NCCC3)C1. The van der Waals surface area contributed by atoms with Crippen molar-refractivity contribution in [2.24, 2.45) is 5.92 Å². The summed E-state index contributed by atoms with van der Waals surface area (Å²) in [6.45, 7) is 3.53. The first-order chi connectivity index (χ1) is 18.1. The molecule has 3 atom stereocenters. The summed E-state index contributed by atoms with van der Waals surface area (Å²) in [6.07, 6.45) is 7.85. The highest BCUT2D eigenvalue weighted by atomic mass is 19.1. The molecular weight excluding hydrogens is 472 g/mol. The van der Waals surface area contributed by atoms with Crippen LogP contribution in [-0.2, 0) is 22.4 Å². The van der Waals surface area contributed by atoms with Gasteiger partial charge in [-0.1, -0.05) is 18.6 Å². The van der Waals surface area contributed by atoms with Gasteiger partial charge in [0.05, 0.1) is 6.04 Å². The van der Waals surface area contributed by atoms with E-state index >= 15 is 4.39 Å². The molecule has 7 heteroatoms. The van der Waals surface area contributed by atoms with Gasteiger partial charge in [0, 0.05) is 37.9 Å². The molecule has 1 aromatic heterocycles. The third-order valence-corrected chi connectivity index (χ3v) is 8.43. The normalized spacial score (nSPS) is 22.3. The Kier molecular flexibility index (Phi) is 8.82. The van der Waals surface area contributed by atoms with Crippen LogP contribution in [0.5, 0.6) is 0 Å². The zero-order chi connectivity index (χ0) is 25.6. The van der Waals surface area contributed by atoms with Crippen LogP contribution in [0.25, 0.3) is 0 Å². The van der Waals surface area contributed by atoms with E-state index in [0.717, 1.165) is 86.8 Å². The summed E-state index contributed by atoms with van der Waals surface area (Å²) >= 11 is 0. The van der Waals surface area contributed by atoms with Crippen LogP contribution in [0.1, 0.15) is 79.3 Å². The number of aromatic nitrogens is 1. The van der Waals surface area contributed by atoms with Crippen LogP contribution in [-0.4, -0.2) is 55.2 Å². The molecule has 0 saturated carbocycles. The smallest absolute Gasteiger partial charge is 0.141 e. The molecule has 2 saturated heterocycles. The van der Waals surface area contributed by atoms with E-state index < -0.39 is 12.2 Å². The second-order valence-electron chi connectivity index (χ2n) is 10.9. The first kappa shape index (κ1) is 26.2. The van der Waals surface area contributed by atoms with Crippen molar-refractivity contribution in [3.63, 3.8) is 0 Å². The maximum atomic E-state index is 15.2. The van der Waals surface area contributed by atoms with Crippen LogP contribution in [0.2, 0.25) is 0 Å². The average Bonchev–Trinajstić information content (AvgIpc) is 3.42. The van der Waals surface area contributed by atoms with Crippen molar-refractivity contribution in [3.05, 3.63) is 58.5 Å². The van der Waals surface area contributed by atoms with Crippen molar-refractivity contribution >= 4 is 12.1 Å². The first-order valence-corrected chi connectivity index (χ1v) is 14.1. The molecule has 2 fully saturated rings. The molecule has 0 bridgehead atoms. The molecule has 3 aliphatic rings. The minimum absolute atomic E-state index is 0.0893. The highest BCUT2D eigenvalue weighted by molar-refractivity contribution is 5.63. The molecule has 200 valence electrons. The first-order valence-electron chi connectivity index (χ1n) is 14.1.